The van der Waals surface area contributed by atoms with Crippen LogP contribution in [-0.2, 0) is 14.3 Å². The van der Waals surface area contributed by atoms with Crippen LogP contribution in [0.25, 0.3) is 0 Å². The molecule has 2 heterocycles. The number of hydrogen-bond donors (Lipinski definition) is 2. The van der Waals surface area contributed by atoms with E-state index in [0.717, 1.165) is 17.7 Å². The third-order valence-electron chi connectivity index (χ3n) is 5.76. The number of benzene rings is 1. The molecule has 1 unspecified atom stereocenters. The van der Waals surface area contributed by atoms with Gasteiger partial charge in [-0.2, -0.15) is 5.06 Å². The quantitative estimate of drug-likeness (QED) is 0.367. The normalized spacial score (nSPS) is 20.5. The number of fused-ring (bicyclic) bond motifs is 1. The Hall–Kier alpha value is -2.78. The van der Waals surface area contributed by atoms with Crippen LogP contribution >= 0.6 is 0 Å². The molecule has 0 aliphatic carbocycles. The summed E-state index contributed by atoms with van der Waals surface area (Å²) in [5, 5.41) is 20.8. The summed E-state index contributed by atoms with van der Waals surface area (Å²) in [7, 11) is 0. The van der Waals surface area contributed by atoms with Crippen LogP contribution in [0.2, 0.25) is 0 Å². The van der Waals surface area contributed by atoms with Crippen molar-refractivity contribution in [3.05, 3.63) is 35.4 Å². The molecule has 0 bridgehead atoms. The van der Waals surface area contributed by atoms with E-state index in [1.165, 1.54) is 12.1 Å². The van der Waals surface area contributed by atoms with Gasteiger partial charge in [-0.15, -0.1) is 0 Å². The largest absolute Gasteiger partial charge is 0.481 e. The Kier molecular flexibility index (Phi) is 7.07. The van der Waals surface area contributed by atoms with Crippen LogP contribution in [-0.4, -0.2) is 63.3 Å². The molecule has 9 nitrogen and oxygen atoms in total. The maximum Gasteiger partial charge on any atom is 0.307 e. The Morgan fingerprint density at radius 3 is 2.23 bits per heavy atom. The first-order valence-electron chi connectivity index (χ1n) is 10.5. The number of amides is 3. The lowest BCUT2D eigenvalue weighted by Gasteiger charge is -2.34. The SMILES string of the molecule is CC(C)C[C@@H](C(=O)O)[C@H](CN1C(=O)c2ccccc2C1=O)C(=O)N(O)C1CCCCO1. The van der Waals surface area contributed by atoms with Crippen LogP contribution < -0.4 is 0 Å². The predicted octanol–water partition coefficient (Wildman–Crippen LogP) is 2.39. The lowest BCUT2D eigenvalue weighted by Crippen LogP contribution is -2.51. The molecule has 1 fully saturated rings. The monoisotopic (exact) mass is 432 g/mol. The molecule has 31 heavy (non-hydrogen) atoms. The summed E-state index contributed by atoms with van der Waals surface area (Å²) in [5.74, 6) is -5.79. The van der Waals surface area contributed by atoms with Crippen LogP contribution in [0.15, 0.2) is 24.3 Å². The summed E-state index contributed by atoms with van der Waals surface area (Å²) in [4.78, 5) is 51.8. The summed E-state index contributed by atoms with van der Waals surface area (Å²) in [5.41, 5.74) is 0.428. The van der Waals surface area contributed by atoms with Gasteiger partial charge in [0.2, 0.25) is 0 Å². The molecule has 1 aromatic rings. The standard InChI is InChI=1S/C22H28N2O7/c1-13(2)11-16(22(28)29)17(21(27)24(30)18-9-5-6-10-31-18)12-23-19(25)14-7-3-4-8-15(14)20(23)26/h3-4,7-8,13,16-18,30H,5-6,9-12H2,1-2H3,(H,28,29)/t16-,17+,18?/m1/s1. The van der Waals surface area contributed by atoms with E-state index in [0.29, 0.717) is 18.1 Å². The van der Waals surface area contributed by atoms with Gasteiger partial charge in [0.15, 0.2) is 6.23 Å². The highest BCUT2D eigenvalue weighted by molar-refractivity contribution is 6.21. The average Bonchev–Trinajstić information content (AvgIpc) is 3.00. The summed E-state index contributed by atoms with van der Waals surface area (Å²) in [6, 6.07) is 6.29. The summed E-state index contributed by atoms with van der Waals surface area (Å²) < 4.78 is 5.46. The molecule has 2 aliphatic rings. The smallest absolute Gasteiger partial charge is 0.307 e. The highest BCUT2D eigenvalue weighted by Gasteiger charge is 2.44. The molecule has 3 atom stereocenters. The van der Waals surface area contributed by atoms with E-state index in [1.54, 1.807) is 12.1 Å². The van der Waals surface area contributed by atoms with Crippen LogP contribution in [0.3, 0.4) is 0 Å². The molecule has 2 N–H and O–H groups in total. The van der Waals surface area contributed by atoms with E-state index in [4.69, 9.17) is 4.74 Å². The fourth-order valence-electron chi connectivity index (χ4n) is 4.15. The van der Waals surface area contributed by atoms with Gasteiger partial charge in [-0.25, -0.2) is 0 Å². The number of carbonyl (C=O) groups is 4. The second-order valence-corrected chi connectivity index (χ2v) is 8.45. The maximum absolute atomic E-state index is 13.2. The molecule has 0 radical (unpaired) electrons. The van der Waals surface area contributed by atoms with Crippen molar-refractivity contribution < 1.29 is 34.2 Å². The molecule has 0 aromatic heterocycles. The molecule has 1 aromatic carbocycles. The van der Waals surface area contributed by atoms with Gasteiger partial charge in [-0.05, 0) is 43.7 Å². The van der Waals surface area contributed by atoms with Crippen LogP contribution in [0, 0.1) is 17.8 Å². The molecule has 168 valence electrons. The van der Waals surface area contributed by atoms with Gasteiger partial charge in [0.25, 0.3) is 17.7 Å². The van der Waals surface area contributed by atoms with E-state index < -0.39 is 48.3 Å². The first-order valence-corrected chi connectivity index (χ1v) is 10.5. The lowest BCUT2D eigenvalue weighted by atomic mass is 9.84. The van der Waals surface area contributed by atoms with Crippen LogP contribution in [0.1, 0.15) is 60.2 Å². The third kappa shape index (κ3) is 4.77. The summed E-state index contributed by atoms with van der Waals surface area (Å²) in [6.45, 7) is 3.59. The lowest BCUT2D eigenvalue weighted by molar-refractivity contribution is -0.231. The van der Waals surface area contributed by atoms with Gasteiger partial charge in [0.1, 0.15) is 0 Å². The van der Waals surface area contributed by atoms with Crippen molar-refractivity contribution in [2.24, 2.45) is 17.8 Å². The van der Waals surface area contributed by atoms with Crippen molar-refractivity contribution in [2.45, 2.75) is 45.8 Å². The van der Waals surface area contributed by atoms with E-state index in [9.17, 15) is 29.5 Å². The number of imide groups is 1. The van der Waals surface area contributed by atoms with Gasteiger partial charge in [-0.3, -0.25) is 29.3 Å². The van der Waals surface area contributed by atoms with Crippen molar-refractivity contribution >= 4 is 23.7 Å². The number of hydrogen-bond acceptors (Lipinski definition) is 6. The number of carboxylic acid groups (broad SMARTS) is 1. The Labute approximate surface area is 180 Å². The molecule has 9 heteroatoms. The highest BCUT2D eigenvalue weighted by atomic mass is 16.6. The minimum atomic E-state index is -1.31. The van der Waals surface area contributed by atoms with Crippen molar-refractivity contribution in [1.29, 1.82) is 0 Å². The first-order chi connectivity index (χ1) is 14.7. The number of carbonyl (C=O) groups excluding carboxylic acids is 3. The third-order valence-corrected chi connectivity index (χ3v) is 5.76. The number of aliphatic carboxylic acids is 1. The minimum Gasteiger partial charge on any atom is -0.481 e. The first kappa shape index (κ1) is 22.9. The number of rotatable bonds is 8. The second kappa shape index (κ2) is 9.57. The van der Waals surface area contributed by atoms with Crippen LogP contribution in [0.5, 0.6) is 0 Å². The van der Waals surface area contributed by atoms with Crippen LogP contribution in [0.4, 0.5) is 0 Å². The topological polar surface area (TPSA) is 124 Å². The van der Waals surface area contributed by atoms with E-state index in [-0.39, 0.29) is 23.5 Å². The summed E-state index contributed by atoms with van der Waals surface area (Å²) in [6.07, 6.45) is 1.26. The second-order valence-electron chi connectivity index (χ2n) is 8.45. The molecule has 3 amide bonds. The van der Waals surface area contributed by atoms with E-state index in [1.807, 2.05) is 13.8 Å². The Morgan fingerprint density at radius 1 is 1.13 bits per heavy atom. The van der Waals surface area contributed by atoms with Gasteiger partial charge in [-0.1, -0.05) is 26.0 Å². The molecular weight excluding hydrogens is 404 g/mol. The fourth-order valence-corrected chi connectivity index (χ4v) is 4.15. The zero-order valence-electron chi connectivity index (χ0n) is 17.7. The van der Waals surface area contributed by atoms with E-state index in [2.05, 4.69) is 0 Å². The van der Waals surface area contributed by atoms with Gasteiger partial charge < -0.3 is 9.84 Å². The molecule has 0 spiro atoms. The fraction of sp³-hybridized carbons (Fsp3) is 0.545. The Morgan fingerprint density at radius 2 is 1.74 bits per heavy atom. The molecule has 2 aliphatic heterocycles. The highest BCUT2D eigenvalue weighted by Crippen LogP contribution is 2.30. The number of ether oxygens (including phenoxy) is 1. The van der Waals surface area contributed by atoms with Gasteiger partial charge in [0, 0.05) is 13.2 Å². The number of hydroxylamine groups is 2. The molecule has 1 saturated heterocycles. The molecular formula is C22H28N2O7. The average molecular weight is 432 g/mol. The minimum absolute atomic E-state index is 0.0587. The summed E-state index contributed by atoms with van der Waals surface area (Å²) >= 11 is 0. The van der Waals surface area contributed by atoms with Crippen molar-refractivity contribution in [3.63, 3.8) is 0 Å². The zero-order chi connectivity index (χ0) is 22.7. The van der Waals surface area contributed by atoms with Gasteiger partial charge >= 0.3 is 5.97 Å². The number of carboxylic acids is 1. The van der Waals surface area contributed by atoms with Crippen molar-refractivity contribution in [3.8, 4) is 0 Å². The van der Waals surface area contributed by atoms with Crippen molar-refractivity contribution in [2.75, 3.05) is 13.2 Å². The van der Waals surface area contributed by atoms with E-state index >= 15 is 0 Å². The predicted molar refractivity (Wildman–Crippen MR) is 108 cm³/mol. The Bertz CT molecular complexity index is 828. The maximum atomic E-state index is 13.2. The Balaban J connectivity index is 1.90. The molecule has 3 rings (SSSR count). The van der Waals surface area contributed by atoms with Crippen molar-refractivity contribution in [1.82, 2.24) is 9.96 Å². The molecule has 0 saturated carbocycles. The number of nitrogens with zero attached hydrogens (tertiary/aromatic N) is 2. The zero-order valence-corrected chi connectivity index (χ0v) is 17.7. The van der Waals surface area contributed by atoms with Gasteiger partial charge in [0.05, 0.1) is 23.0 Å².